The van der Waals surface area contributed by atoms with Crippen LogP contribution in [0, 0.1) is 46.3 Å². The fourth-order valence-corrected chi connectivity index (χ4v) is 13.8. The van der Waals surface area contributed by atoms with Crippen LogP contribution >= 0.6 is 0 Å². The first-order valence-corrected chi connectivity index (χ1v) is 23.8. The van der Waals surface area contributed by atoms with Crippen LogP contribution < -0.4 is 0 Å². The summed E-state index contributed by atoms with van der Waals surface area (Å²) >= 11 is 0. The number of allylic oxidation sites excluding steroid dienone is 1. The maximum Gasteiger partial charge on any atom is 0.187 e. The van der Waals surface area contributed by atoms with Gasteiger partial charge in [-0.05, 0) is 98.7 Å². The van der Waals surface area contributed by atoms with Crippen LogP contribution in [0.1, 0.15) is 92.4 Å². The van der Waals surface area contributed by atoms with Crippen molar-refractivity contribution in [2.24, 2.45) is 46.3 Å². The third-order valence-corrected chi connectivity index (χ3v) is 17.7. The molecule has 10 N–H and O–H groups in total. The Balaban J connectivity index is 0.896. The van der Waals surface area contributed by atoms with E-state index in [0.29, 0.717) is 49.4 Å². The summed E-state index contributed by atoms with van der Waals surface area (Å²) in [6.45, 7) is 9.84. The van der Waals surface area contributed by atoms with Gasteiger partial charge in [0.1, 0.15) is 67.1 Å². The van der Waals surface area contributed by atoms with Crippen molar-refractivity contribution in [2.45, 2.75) is 203 Å². The lowest BCUT2D eigenvalue weighted by Crippen LogP contribution is -2.64. The maximum atomic E-state index is 11.2. The van der Waals surface area contributed by atoms with Gasteiger partial charge in [0.05, 0.1) is 38.1 Å². The summed E-state index contributed by atoms with van der Waals surface area (Å²) in [6.07, 6.45) is -10.5. The summed E-state index contributed by atoms with van der Waals surface area (Å²) in [7, 11) is 1.73. The van der Waals surface area contributed by atoms with Gasteiger partial charge < -0.3 is 89.0 Å². The van der Waals surface area contributed by atoms with Gasteiger partial charge in [-0.1, -0.05) is 39.3 Å². The number of rotatable bonds is 13. The molecule has 18 heteroatoms. The fraction of sp³-hybridized carbons (Fsp3) is 0.957. The summed E-state index contributed by atoms with van der Waals surface area (Å²) in [6, 6.07) is 0. The van der Waals surface area contributed by atoms with E-state index >= 15 is 0 Å². The highest BCUT2D eigenvalue weighted by molar-refractivity contribution is 5.26. The van der Waals surface area contributed by atoms with E-state index in [9.17, 15) is 51.1 Å². The summed E-state index contributed by atoms with van der Waals surface area (Å²) in [4.78, 5) is 0. The number of fused-ring (bicyclic) bond motifs is 7. The van der Waals surface area contributed by atoms with Gasteiger partial charge in [0.25, 0.3) is 0 Å². The molecule has 0 aromatic carbocycles. The van der Waals surface area contributed by atoms with Gasteiger partial charge >= 0.3 is 0 Å². The predicted molar refractivity (Wildman–Crippen MR) is 222 cm³/mol. The molecule has 368 valence electrons. The van der Waals surface area contributed by atoms with E-state index in [4.69, 9.17) is 37.9 Å². The zero-order valence-corrected chi connectivity index (χ0v) is 38.1. The standard InChI is InChI=1S/C46H76O18/c1-20(19-58-41-38(55)36(53)33(50)29(17-47)61-41)9-14-46(57-6)21(2)31-28(64-46)16-27-25-8-7-23-15-24(10-12-44(23,4)26(25)11-13-45(27,31)5)60-43-40(37(54)34(51)30(18-48)62-43)63-42-39(56)35(52)32(49)22(3)59-42/h7,20-22,24-43,47-56H,8-19H2,1-6H3/t20-,21-,22-,24+,25+,26-,27-,28-,29-,30-,31-,32-,33-,34-,35+,36+,37+,38-,39-,40-,41-,42+,43-,44+,45+,46+/m0/s1. The molecule has 3 saturated carbocycles. The number of hydrogen-bond donors (Lipinski definition) is 10. The molecule has 4 aliphatic carbocycles. The predicted octanol–water partition coefficient (Wildman–Crippen LogP) is -0.177. The molecule has 0 radical (unpaired) electrons. The molecular weight excluding hydrogens is 840 g/mol. The molecular formula is C46H76O18. The van der Waals surface area contributed by atoms with Gasteiger partial charge in [-0.3, -0.25) is 0 Å². The molecule has 26 atom stereocenters. The molecule has 8 aliphatic rings. The number of aliphatic hydroxyl groups excluding tert-OH is 10. The zero-order chi connectivity index (χ0) is 46.2. The van der Waals surface area contributed by atoms with Gasteiger partial charge in [0, 0.05) is 19.4 Å². The third-order valence-electron chi connectivity index (χ3n) is 17.7. The Morgan fingerprint density at radius 2 is 1.41 bits per heavy atom. The number of hydrogen-bond acceptors (Lipinski definition) is 18. The van der Waals surface area contributed by atoms with Crippen LogP contribution in [0.5, 0.6) is 0 Å². The van der Waals surface area contributed by atoms with Crippen molar-refractivity contribution in [3.8, 4) is 0 Å². The number of aliphatic hydroxyl groups is 10. The molecule has 0 spiro atoms. The van der Waals surface area contributed by atoms with Crippen molar-refractivity contribution in [2.75, 3.05) is 26.9 Å². The summed E-state index contributed by atoms with van der Waals surface area (Å²) in [5, 5.41) is 104. The first-order valence-electron chi connectivity index (χ1n) is 23.8. The SMILES string of the molecule is CO[C@]1(CC[C@H](C)CO[C@H]2O[C@@H](CO)[C@H](O)[C@@H](O)[C@@H]2O)O[C@H]2C[C@H]3[C@@H]4CC=C5C[C@H](O[C@H]6O[C@@H](CO)[C@H](O)[C@@H](O)[C@@H]6O[C@H]6O[C@@H](C)[C@H](O)[C@@H](O)[C@@H]6O)CC[C@@]5(C)[C@H]4CC[C@@]3(C)[C@H]2[C@@H]1C. The van der Waals surface area contributed by atoms with Crippen LogP contribution in [0.4, 0.5) is 0 Å². The van der Waals surface area contributed by atoms with Crippen LogP contribution in [-0.4, -0.2) is 188 Å². The smallest absolute Gasteiger partial charge is 0.187 e. The van der Waals surface area contributed by atoms with E-state index in [-0.39, 0.29) is 41.5 Å². The van der Waals surface area contributed by atoms with Crippen molar-refractivity contribution < 1.29 is 89.0 Å². The van der Waals surface area contributed by atoms with Crippen LogP contribution in [-0.2, 0) is 37.9 Å². The molecule has 0 bridgehead atoms. The Morgan fingerprint density at radius 3 is 2.09 bits per heavy atom. The molecule has 64 heavy (non-hydrogen) atoms. The lowest BCUT2D eigenvalue weighted by Gasteiger charge is -2.58. The van der Waals surface area contributed by atoms with Crippen molar-refractivity contribution in [3.05, 3.63) is 11.6 Å². The van der Waals surface area contributed by atoms with Crippen molar-refractivity contribution in [1.82, 2.24) is 0 Å². The first-order chi connectivity index (χ1) is 30.3. The Kier molecular flexibility index (Phi) is 14.7. The molecule has 4 heterocycles. The molecule has 0 aromatic rings. The lowest BCUT2D eigenvalue weighted by atomic mass is 9.47. The van der Waals surface area contributed by atoms with E-state index in [0.717, 1.165) is 32.1 Å². The minimum atomic E-state index is -1.64. The maximum absolute atomic E-state index is 11.2. The molecule has 18 nitrogen and oxygen atoms in total. The molecule has 4 saturated heterocycles. The van der Waals surface area contributed by atoms with Crippen LogP contribution in [0.2, 0.25) is 0 Å². The molecule has 0 amide bonds. The van der Waals surface area contributed by atoms with Gasteiger partial charge in [0.15, 0.2) is 24.7 Å². The Bertz CT molecular complexity index is 1620. The monoisotopic (exact) mass is 917 g/mol. The second-order valence-corrected chi connectivity index (χ2v) is 21.2. The summed E-state index contributed by atoms with van der Waals surface area (Å²) in [5.41, 5.74) is 1.36. The second kappa shape index (κ2) is 19.1. The summed E-state index contributed by atoms with van der Waals surface area (Å²) in [5.74, 6) is 1.17. The normalized spacial score (nSPS) is 54.3. The van der Waals surface area contributed by atoms with Crippen molar-refractivity contribution >= 4 is 0 Å². The van der Waals surface area contributed by atoms with Gasteiger partial charge in [-0.25, -0.2) is 0 Å². The molecule has 8 rings (SSSR count). The minimum absolute atomic E-state index is 0.0284. The average molecular weight is 917 g/mol. The average Bonchev–Trinajstić information content (AvgIpc) is 3.74. The Labute approximate surface area is 375 Å². The third kappa shape index (κ3) is 8.48. The van der Waals surface area contributed by atoms with E-state index < -0.39 is 111 Å². The molecule has 4 aliphatic heterocycles. The highest BCUT2D eigenvalue weighted by Gasteiger charge is 2.68. The quantitative estimate of drug-likeness (QED) is 0.107. The first kappa shape index (κ1) is 49.4. The van der Waals surface area contributed by atoms with Crippen molar-refractivity contribution in [3.63, 3.8) is 0 Å². The fourth-order valence-electron chi connectivity index (χ4n) is 13.8. The number of ether oxygens (including phenoxy) is 8. The molecule has 0 aromatic heterocycles. The van der Waals surface area contributed by atoms with Crippen LogP contribution in [0.15, 0.2) is 11.6 Å². The van der Waals surface area contributed by atoms with Crippen LogP contribution in [0.25, 0.3) is 0 Å². The Hall–Kier alpha value is -0.980. The number of methoxy groups -OCH3 is 1. The van der Waals surface area contributed by atoms with Gasteiger partial charge in [-0.2, -0.15) is 0 Å². The Morgan fingerprint density at radius 1 is 0.750 bits per heavy atom. The topological polar surface area (TPSA) is 276 Å². The van der Waals surface area contributed by atoms with Gasteiger partial charge in [0.2, 0.25) is 0 Å². The van der Waals surface area contributed by atoms with Crippen LogP contribution in [0.3, 0.4) is 0 Å². The van der Waals surface area contributed by atoms with E-state index in [1.54, 1.807) is 7.11 Å². The van der Waals surface area contributed by atoms with E-state index in [2.05, 4.69) is 26.8 Å². The van der Waals surface area contributed by atoms with Gasteiger partial charge in [-0.15, -0.1) is 0 Å². The van der Waals surface area contributed by atoms with E-state index in [1.165, 1.54) is 12.5 Å². The molecule has 7 fully saturated rings. The lowest BCUT2D eigenvalue weighted by molar-refractivity contribution is -0.369. The zero-order valence-electron chi connectivity index (χ0n) is 38.1. The largest absolute Gasteiger partial charge is 0.394 e. The van der Waals surface area contributed by atoms with Crippen molar-refractivity contribution in [1.29, 1.82) is 0 Å². The second-order valence-electron chi connectivity index (χ2n) is 21.2. The summed E-state index contributed by atoms with van der Waals surface area (Å²) < 4.78 is 48.9. The van der Waals surface area contributed by atoms with E-state index in [1.807, 2.05) is 6.92 Å². The highest BCUT2D eigenvalue weighted by Crippen LogP contribution is 2.70. The highest BCUT2D eigenvalue weighted by atomic mass is 16.8. The molecule has 0 unspecified atom stereocenters. The minimum Gasteiger partial charge on any atom is -0.394 e.